The molecule has 1 aliphatic rings. The van der Waals surface area contributed by atoms with Gasteiger partial charge in [-0.2, -0.15) is 0 Å². The number of nitrogens with one attached hydrogen (secondary N) is 1. The van der Waals surface area contributed by atoms with Crippen LogP contribution in [0.5, 0.6) is 0 Å². The Bertz CT molecular complexity index is 532. The summed E-state index contributed by atoms with van der Waals surface area (Å²) in [6.45, 7) is 12.2. The summed E-state index contributed by atoms with van der Waals surface area (Å²) in [5.41, 5.74) is 7.09. The fourth-order valence-corrected chi connectivity index (χ4v) is 3.04. The Labute approximate surface area is 189 Å². The van der Waals surface area contributed by atoms with Gasteiger partial charge in [0.2, 0.25) is 5.91 Å². The van der Waals surface area contributed by atoms with Gasteiger partial charge >= 0.3 is 0 Å². The lowest BCUT2D eigenvalue weighted by Crippen LogP contribution is -2.49. The Morgan fingerprint density at radius 1 is 1.04 bits per heavy atom. The number of nitrogens with two attached hydrogens (primary N) is 1. The quantitative estimate of drug-likeness (QED) is 0.619. The van der Waals surface area contributed by atoms with Crippen LogP contribution in [0.1, 0.15) is 33.6 Å². The van der Waals surface area contributed by atoms with Gasteiger partial charge in [0.25, 0.3) is 0 Å². The van der Waals surface area contributed by atoms with Gasteiger partial charge in [-0.15, -0.1) is 37.2 Å². The maximum atomic E-state index is 12.0. The number of halogens is 3. The molecule has 1 aromatic rings. The molecule has 1 saturated heterocycles. The van der Waals surface area contributed by atoms with E-state index in [0.717, 1.165) is 45.6 Å². The first-order valence-electron chi connectivity index (χ1n) is 9.43. The lowest BCUT2D eigenvalue weighted by Gasteiger charge is -2.36. The molecular weight excluding hydrogens is 419 g/mol. The van der Waals surface area contributed by atoms with Crippen LogP contribution in [-0.4, -0.2) is 56.1 Å². The zero-order valence-corrected chi connectivity index (χ0v) is 19.7. The zero-order valence-electron chi connectivity index (χ0n) is 17.2. The second kappa shape index (κ2) is 14.3. The van der Waals surface area contributed by atoms with E-state index >= 15 is 0 Å². The second-order valence-corrected chi connectivity index (χ2v) is 8.01. The van der Waals surface area contributed by atoms with Crippen molar-refractivity contribution in [2.75, 3.05) is 44.2 Å². The summed E-state index contributed by atoms with van der Waals surface area (Å²) in [4.78, 5) is 16.9. The number of para-hydroxylation sites is 1. The van der Waals surface area contributed by atoms with Gasteiger partial charge in [0.15, 0.2) is 0 Å². The highest BCUT2D eigenvalue weighted by atomic mass is 35.5. The smallest absolute Gasteiger partial charge is 0.237 e. The molecule has 2 rings (SSSR count). The summed E-state index contributed by atoms with van der Waals surface area (Å²) in [6, 6.07) is 10.2. The summed E-state index contributed by atoms with van der Waals surface area (Å²) in [7, 11) is 0. The largest absolute Gasteiger partial charge is 0.369 e. The van der Waals surface area contributed by atoms with Crippen molar-refractivity contribution < 1.29 is 4.79 Å². The number of nitrogens with zero attached hydrogens (tertiary/aromatic N) is 2. The number of anilines is 1. The van der Waals surface area contributed by atoms with Crippen molar-refractivity contribution in [3.63, 3.8) is 0 Å². The number of carbonyl (C=O) groups excluding carboxylic acids is 1. The molecule has 1 atom stereocenters. The van der Waals surface area contributed by atoms with Crippen LogP contribution in [0.3, 0.4) is 0 Å². The molecule has 0 saturated carbocycles. The lowest BCUT2D eigenvalue weighted by atomic mass is 9.87. The van der Waals surface area contributed by atoms with E-state index in [2.05, 4.69) is 45.4 Å². The van der Waals surface area contributed by atoms with Gasteiger partial charge in [0.1, 0.15) is 0 Å². The average Bonchev–Trinajstić information content (AvgIpc) is 2.61. The molecule has 1 aromatic carbocycles. The van der Waals surface area contributed by atoms with E-state index < -0.39 is 6.04 Å². The van der Waals surface area contributed by atoms with Crippen LogP contribution in [0.4, 0.5) is 5.69 Å². The first kappa shape index (κ1) is 29.5. The summed E-state index contributed by atoms with van der Waals surface area (Å²) in [6.07, 6.45) is 2.11. The molecule has 5 nitrogen and oxygen atoms in total. The third-order valence-electron chi connectivity index (χ3n) is 4.91. The minimum absolute atomic E-state index is 0. The molecule has 8 heteroatoms. The Hall–Kier alpha value is -0.720. The Morgan fingerprint density at radius 3 is 2.14 bits per heavy atom. The number of amides is 1. The molecule has 1 heterocycles. The van der Waals surface area contributed by atoms with Crippen LogP contribution in [0, 0.1) is 5.41 Å². The average molecular weight is 456 g/mol. The monoisotopic (exact) mass is 454 g/mol. The fourth-order valence-electron chi connectivity index (χ4n) is 3.04. The van der Waals surface area contributed by atoms with Crippen LogP contribution in [0.25, 0.3) is 0 Å². The summed E-state index contributed by atoms with van der Waals surface area (Å²) < 4.78 is 0. The zero-order chi connectivity index (χ0) is 18.3. The van der Waals surface area contributed by atoms with E-state index in [9.17, 15) is 4.79 Å². The first-order chi connectivity index (χ1) is 11.9. The van der Waals surface area contributed by atoms with E-state index in [4.69, 9.17) is 5.73 Å². The number of rotatable bonds is 7. The van der Waals surface area contributed by atoms with Crippen molar-refractivity contribution in [1.82, 2.24) is 10.2 Å². The van der Waals surface area contributed by atoms with Crippen LogP contribution >= 0.6 is 37.2 Å². The fraction of sp³-hybridized carbons (Fsp3) is 0.650. The van der Waals surface area contributed by atoms with Gasteiger partial charge in [-0.1, -0.05) is 39.0 Å². The molecule has 0 aliphatic carbocycles. The van der Waals surface area contributed by atoms with Crippen molar-refractivity contribution in [2.24, 2.45) is 11.1 Å². The third kappa shape index (κ3) is 9.66. The van der Waals surface area contributed by atoms with Gasteiger partial charge in [-0.3, -0.25) is 9.69 Å². The Balaban J connectivity index is 0. The molecule has 1 fully saturated rings. The van der Waals surface area contributed by atoms with Crippen LogP contribution in [0.2, 0.25) is 0 Å². The lowest BCUT2D eigenvalue weighted by molar-refractivity contribution is -0.124. The molecule has 0 radical (unpaired) electrons. The molecule has 0 aromatic heterocycles. The van der Waals surface area contributed by atoms with Crippen molar-refractivity contribution in [2.45, 2.75) is 39.7 Å². The SMILES string of the molecule is CC(C)(C)[C@H](N)C(=O)NCCCCN1CCN(c2ccccc2)CC1.Cl.Cl.Cl. The summed E-state index contributed by atoms with van der Waals surface area (Å²) in [5.74, 6) is -0.0380. The van der Waals surface area contributed by atoms with Gasteiger partial charge in [-0.25, -0.2) is 0 Å². The first-order valence-corrected chi connectivity index (χ1v) is 9.43. The molecule has 0 spiro atoms. The summed E-state index contributed by atoms with van der Waals surface area (Å²) in [5, 5.41) is 2.96. The highest BCUT2D eigenvalue weighted by Crippen LogP contribution is 2.17. The highest BCUT2D eigenvalue weighted by molar-refractivity contribution is 5.86. The molecule has 0 bridgehead atoms. The van der Waals surface area contributed by atoms with Gasteiger partial charge in [0.05, 0.1) is 6.04 Å². The van der Waals surface area contributed by atoms with Crippen molar-refractivity contribution >= 4 is 48.8 Å². The van der Waals surface area contributed by atoms with E-state index in [1.807, 2.05) is 20.8 Å². The van der Waals surface area contributed by atoms with Crippen molar-refractivity contribution in [1.29, 1.82) is 0 Å². The maximum absolute atomic E-state index is 12.0. The van der Waals surface area contributed by atoms with Gasteiger partial charge in [-0.05, 0) is 36.9 Å². The van der Waals surface area contributed by atoms with Crippen LogP contribution < -0.4 is 16.0 Å². The second-order valence-electron chi connectivity index (χ2n) is 8.01. The van der Waals surface area contributed by atoms with Crippen molar-refractivity contribution in [3.8, 4) is 0 Å². The predicted octanol–water partition coefficient (Wildman–Crippen LogP) is 3.34. The van der Waals surface area contributed by atoms with E-state index in [0.29, 0.717) is 6.54 Å². The molecule has 1 amide bonds. The normalized spacial score (nSPS) is 15.5. The number of hydrogen-bond acceptors (Lipinski definition) is 4. The minimum atomic E-state index is -0.446. The Kier molecular flexibility index (Phi) is 15.0. The molecule has 0 unspecified atom stereocenters. The molecule has 164 valence electrons. The number of hydrogen-bond donors (Lipinski definition) is 2. The standard InChI is InChI=1S/C20H34N4O.3ClH/c1-20(2,3)18(21)19(25)22-11-7-8-12-23-13-15-24(16-14-23)17-9-5-4-6-10-17;;;/h4-6,9-10,18H,7-8,11-16,21H2,1-3H3,(H,22,25);3*1H/t18-;;;/m1.../s1. The maximum Gasteiger partial charge on any atom is 0.237 e. The van der Waals surface area contributed by atoms with Gasteiger partial charge < -0.3 is 16.0 Å². The molecule has 3 N–H and O–H groups in total. The third-order valence-corrected chi connectivity index (χ3v) is 4.91. The molecule has 1 aliphatic heterocycles. The molecule has 28 heavy (non-hydrogen) atoms. The number of unbranched alkanes of at least 4 members (excludes halogenated alkanes) is 1. The number of piperazine rings is 1. The van der Waals surface area contributed by atoms with Crippen LogP contribution in [0.15, 0.2) is 30.3 Å². The van der Waals surface area contributed by atoms with E-state index in [-0.39, 0.29) is 48.5 Å². The molecular formula is C20H37Cl3N4O. The number of carbonyl (C=O) groups is 1. The van der Waals surface area contributed by atoms with Crippen LogP contribution in [-0.2, 0) is 4.79 Å². The van der Waals surface area contributed by atoms with E-state index in [1.54, 1.807) is 0 Å². The Morgan fingerprint density at radius 2 is 1.61 bits per heavy atom. The van der Waals surface area contributed by atoms with E-state index in [1.165, 1.54) is 5.69 Å². The topological polar surface area (TPSA) is 61.6 Å². The number of benzene rings is 1. The van der Waals surface area contributed by atoms with Gasteiger partial charge in [0, 0.05) is 38.4 Å². The summed E-state index contributed by atoms with van der Waals surface area (Å²) >= 11 is 0. The minimum Gasteiger partial charge on any atom is -0.369 e. The van der Waals surface area contributed by atoms with Crippen molar-refractivity contribution in [3.05, 3.63) is 30.3 Å². The highest BCUT2D eigenvalue weighted by Gasteiger charge is 2.26. The predicted molar refractivity (Wildman–Crippen MR) is 127 cm³/mol.